The van der Waals surface area contributed by atoms with Gasteiger partial charge in [-0.15, -0.1) is 0 Å². The van der Waals surface area contributed by atoms with Gasteiger partial charge in [0, 0.05) is 11.1 Å². The van der Waals surface area contributed by atoms with Gasteiger partial charge in [-0.25, -0.2) is 0 Å². The van der Waals surface area contributed by atoms with E-state index in [0.717, 1.165) is 77.0 Å². The third-order valence-electron chi connectivity index (χ3n) is 10.1. The van der Waals surface area contributed by atoms with Crippen molar-refractivity contribution in [3.63, 3.8) is 0 Å². The zero-order valence-electron chi connectivity index (χ0n) is 35.9. The molecule has 0 radical (unpaired) electrons. The first kappa shape index (κ1) is 47.4. The molecule has 0 heterocycles. The molecular weight excluding hydrogens is 653 g/mol. The number of benzene rings is 1. The van der Waals surface area contributed by atoms with E-state index in [1.807, 2.05) is 0 Å². The van der Waals surface area contributed by atoms with E-state index in [1.54, 1.807) is 6.92 Å². The van der Waals surface area contributed by atoms with Crippen molar-refractivity contribution in [3.05, 3.63) is 104 Å². The third kappa shape index (κ3) is 20.4. The minimum Gasteiger partial charge on any atom is -0.504 e. The third-order valence-corrected chi connectivity index (χ3v) is 10.1. The second-order valence-electron chi connectivity index (χ2n) is 15.5. The van der Waals surface area contributed by atoms with Gasteiger partial charge in [0.15, 0.2) is 11.5 Å². The molecule has 296 valence electrons. The van der Waals surface area contributed by atoms with E-state index in [-0.39, 0.29) is 23.0 Å². The van der Waals surface area contributed by atoms with Crippen LogP contribution in [0.2, 0.25) is 0 Å². The molecule has 0 aromatic heterocycles. The molecule has 1 aromatic rings. The second kappa shape index (κ2) is 27.0. The first-order chi connectivity index (χ1) is 25.2. The molecule has 4 nitrogen and oxygen atoms in total. The van der Waals surface area contributed by atoms with Crippen molar-refractivity contribution in [3.8, 4) is 23.0 Å². The lowest BCUT2D eigenvalue weighted by Gasteiger charge is -2.17. The summed E-state index contributed by atoms with van der Waals surface area (Å²) in [6, 6.07) is 0. The number of ether oxygens (including phenoxy) is 2. The molecule has 0 bridgehead atoms. The molecule has 1 aromatic carbocycles. The molecule has 0 unspecified atom stereocenters. The molecular formula is C49H76O4. The van der Waals surface area contributed by atoms with Crippen LogP contribution in [0.4, 0.5) is 0 Å². The van der Waals surface area contributed by atoms with Gasteiger partial charge in [0.25, 0.3) is 0 Å². The maximum Gasteiger partial charge on any atom is 0.207 e. The predicted octanol–water partition coefficient (Wildman–Crippen LogP) is 15.0. The molecule has 53 heavy (non-hydrogen) atoms. The Morgan fingerprint density at radius 1 is 0.415 bits per heavy atom. The maximum atomic E-state index is 10.7. The summed E-state index contributed by atoms with van der Waals surface area (Å²) in [6.07, 6.45) is 35.1. The molecule has 0 spiro atoms. The second-order valence-corrected chi connectivity index (χ2v) is 15.5. The summed E-state index contributed by atoms with van der Waals surface area (Å²) in [5.41, 5.74) is 12.9. The highest BCUT2D eigenvalue weighted by Crippen LogP contribution is 2.48. The molecule has 0 saturated heterocycles. The number of methoxy groups -OCH3 is 2. The fraction of sp³-hybridized carbons (Fsp3) is 0.551. The molecule has 1 rings (SSSR count). The van der Waals surface area contributed by atoms with Gasteiger partial charge in [-0.1, -0.05) is 93.2 Å². The number of allylic oxidation sites excluding steroid dienone is 16. The quantitative estimate of drug-likeness (QED) is 0.0777. The molecule has 0 saturated carbocycles. The van der Waals surface area contributed by atoms with Gasteiger partial charge in [0.2, 0.25) is 11.5 Å². The highest BCUT2D eigenvalue weighted by atomic mass is 16.5. The summed E-state index contributed by atoms with van der Waals surface area (Å²) in [5.74, 6) is 0.357. The molecule has 0 fully saturated rings. The van der Waals surface area contributed by atoms with Crippen molar-refractivity contribution in [1.29, 1.82) is 0 Å². The van der Waals surface area contributed by atoms with Crippen LogP contribution in [0, 0.1) is 6.92 Å². The Bertz CT molecular complexity index is 1520. The van der Waals surface area contributed by atoms with Gasteiger partial charge >= 0.3 is 0 Å². The van der Waals surface area contributed by atoms with Crippen LogP contribution in [0.5, 0.6) is 23.0 Å². The van der Waals surface area contributed by atoms with E-state index in [1.165, 1.54) is 71.6 Å². The largest absolute Gasteiger partial charge is 0.504 e. The van der Waals surface area contributed by atoms with E-state index in [2.05, 4.69) is 111 Å². The maximum absolute atomic E-state index is 10.7. The smallest absolute Gasteiger partial charge is 0.207 e. The van der Waals surface area contributed by atoms with Crippen molar-refractivity contribution < 1.29 is 19.7 Å². The number of phenols is 2. The first-order valence-corrected chi connectivity index (χ1v) is 20.1. The Kier molecular flexibility index (Phi) is 24.1. The number of hydrogen-bond acceptors (Lipinski definition) is 4. The summed E-state index contributed by atoms with van der Waals surface area (Å²) < 4.78 is 10.5. The summed E-state index contributed by atoms with van der Waals surface area (Å²) in [7, 11) is 2.91. The van der Waals surface area contributed by atoms with Crippen molar-refractivity contribution >= 4 is 0 Å². The zero-order valence-corrected chi connectivity index (χ0v) is 35.9. The van der Waals surface area contributed by atoms with Crippen LogP contribution >= 0.6 is 0 Å². The van der Waals surface area contributed by atoms with E-state index in [9.17, 15) is 10.2 Å². The first-order valence-electron chi connectivity index (χ1n) is 20.1. The lowest BCUT2D eigenvalue weighted by molar-refractivity contribution is 0.314. The van der Waals surface area contributed by atoms with E-state index in [0.29, 0.717) is 17.5 Å². The number of hydrogen-bond donors (Lipinski definition) is 2. The Morgan fingerprint density at radius 2 is 0.679 bits per heavy atom. The van der Waals surface area contributed by atoms with Crippen LogP contribution in [-0.2, 0) is 6.42 Å². The highest BCUT2D eigenvalue weighted by Gasteiger charge is 2.22. The van der Waals surface area contributed by atoms with Crippen LogP contribution in [0.25, 0.3) is 0 Å². The normalized spacial score (nSPS) is 13.8. The summed E-state index contributed by atoms with van der Waals surface area (Å²) >= 11 is 0. The summed E-state index contributed by atoms with van der Waals surface area (Å²) in [4.78, 5) is 0. The average Bonchev–Trinajstić information content (AvgIpc) is 3.09. The predicted molar refractivity (Wildman–Crippen MR) is 232 cm³/mol. The molecule has 4 heteroatoms. The monoisotopic (exact) mass is 729 g/mol. The Hall–Kier alpha value is -3.66. The van der Waals surface area contributed by atoms with E-state index < -0.39 is 0 Å². The topological polar surface area (TPSA) is 58.9 Å². The van der Waals surface area contributed by atoms with Crippen LogP contribution in [-0.4, -0.2) is 24.4 Å². The Labute approximate surface area is 325 Å². The van der Waals surface area contributed by atoms with E-state index >= 15 is 0 Å². The molecule has 0 aliphatic heterocycles. The minimum absolute atomic E-state index is 0.00661. The lowest BCUT2D eigenvalue weighted by atomic mass is 9.99. The average molecular weight is 729 g/mol. The van der Waals surface area contributed by atoms with Crippen molar-refractivity contribution in [2.45, 2.75) is 166 Å². The standard InChI is InChI=1S/C49H76O4/c1-36(2)20-13-21-37(3)22-14-23-38(4)24-15-25-39(5)26-16-27-40(6)28-17-29-41(7)30-18-31-42(8)32-19-33-43(9)34-35-45-44(10)46(50)48(52-11)49(53-12)47(45)51/h20,22,24,26,28,30,32,34,50-51H,13-19,21,23,25,27,29,31,33,35H2,1-12H3/b37-22+,38-24-,39-26-,40-28-,41-30+,42-32-,43-34-. The molecule has 0 amide bonds. The zero-order chi connectivity index (χ0) is 39.8. The summed E-state index contributed by atoms with van der Waals surface area (Å²) in [6.45, 7) is 21.9. The van der Waals surface area contributed by atoms with Gasteiger partial charge in [-0.2, -0.15) is 0 Å². The molecule has 0 atom stereocenters. The molecule has 0 aliphatic carbocycles. The van der Waals surface area contributed by atoms with E-state index in [4.69, 9.17) is 9.47 Å². The van der Waals surface area contributed by atoms with Crippen LogP contribution in [0.15, 0.2) is 93.2 Å². The fourth-order valence-corrected chi connectivity index (χ4v) is 6.33. The minimum atomic E-state index is 0.00661. The lowest BCUT2D eigenvalue weighted by Crippen LogP contribution is -1.98. The van der Waals surface area contributed by atoms with Gasteiger partial charge in [0.1, 0.15) is 0 Å². The number of rotatable bonds is 25. The number of phenolic OH excluding ortho intramolecular Hbond substituents is 2. The number of aromatic hydroxyl groups is 2. The Morgan fingerprint density at radius 3 is 0.962 bits per heavy atom. The highest BCUT2D eigenvalue weighted by molar-refractivity contribution is 5.66. The summed E-state index contributed by atoms with van der Waals surface area (Å²) in [5, 5.41) is 21.2. The van der Waals surface area contributed by atoms with Gasteiger partial charge in [-0.3, -0.25) is 0 Å². The van der Waals surface area contributed by atoms with Crippen LogP contribution in [0.3, 0.4) is 0 Å². The van der Waals surface area contributed by atoms with Crippen molar-refractivity contribution in [2.24, 2.45) is 0 Å². The van der Waals surface area contributed by atoms with Gasteiger partial charge in [-0.05, 0) is 166 Å². The van der Waals surface area contributed by atoms with Gasteiger partial charge < -0.3 is 19.7 Å². The van der Waals surface area contributed by atoms with Crippen LogP contribution < -0.4 is 9.47 Å². The SMILES string of the molecule is COc1c(O)c(C)c(C/C=C(/C)CC/C=C(/C)CC/C=C(\C)CC/C=C(/C)CC/C=C(/C)CC/C=C(/C)CC/C=C(\C)CCC=C(C)C)c(O)c1OC. The Balaban J connectivity index is 2.36. The van der Waals surface area contributed by atoms with Crippen molar-refractivity contribution in [1.82, 2.24) is 0 Å². The molecule has 0 aliphatic rings. The fourth-order valence-electron chi connectivity index (χ4n) is 6.33. The van der Waals surface area contributed by atoms with Gasteiger partial charge in [0.05, 0.1) is 14.2 Å². The van der Waals surface area contributed by atoms with Crippen molar-refractivity contribution in [2.75, 3.05) is 14.2 Å². The molecule has 2 N–H and O–H groups in total. The van der Waals surface area contributed by atoms with Crippen LogP contribution in [0.1, 0.15) is 163 Å².